The fourth-order valence-corrected chi connectivity index (χ4v) is 4.17. The van der Waals surface area contributed by atoms with E-state index in [1.165, 1.54) is 18.7 Å². The Morgan fingerprint density at radius 1 is 1.09 bits per heavy atom. The second kappa shape index (κ2) is 9.98. The molecule has 0 aliphatic carbocycles. The monoisotopic (exact) mass is 448 g/mol. The van der Waals surface area contributed by atoms with Crippen molar-refractivity contribution >= 4 is 17.5 Å². The number of piperidine rings is 1. The number of hydrogen-bond donors (Lipinski definition) is 0. The van der Waals surface area contributed by atoms with Gasteiger partial charge in [-0.2, -0.15) is 0 Å². The number of anilines is 2. The lowest BCUT2D eigenvalue weighted by Crippen LogP contribution is -2.38. The zero-order valence-corrected chi connectivity index (χ0v) is 19.3. The highest BCUT2D eigenvalue weighted by Crippen LogP contribution is 2.31. The summed E-state index contributed by atoms with van der Waals surface area (Å²) in [7, 11) is 1.59. The maximum Gasteiger partial charge on any atom is 0.262 e. The minimum atomic E-state index is -0.424. The highest BCUT2D eigenvalue weighted by molar-refractivity contribution is 6.10. The average molecular weight is 449 g/mol. The molecule has 0 unspecified atom stereocenters. The molecule has 6 nitrogen and oxygen atoms in total. The van der Waals surface area contributed by atoms with Gasteiger partial charge in [0, 0.05) is 42.6 Å². The van der Waals surface area contributed by atoms with E-state index in [0.29, 0.717) is 23.1 Å². The number of nitrogens with zero attached hydrogens (tertiary/aromatic N) is 4. The summed E-state index contributed by atoms with van der Waals surface area (Å²) in [6.07, 6.45) is 4.85. The molecule has 7 heteroatoms. The molecule has 0 bridgehead atoms. The molecule has 0 spiro atoms. The minimum Gasteiger partial charge on any atom is -0.497 e. The summed E-state index contributed by atoms with van der Waals surface area (Å²) in [6, 6.07) is 13.6. The van der Waals surface area contributed by atoms with Crippen LogP contribution in [0.1, 0.15) is 43.5 Å². The van der Waals surface area contributed by atoms with Crippen LogP contribution < -0.4 is 14.5 Å². The lowest BCUT2D eigenvalue weighted by Gasteiger charge is -2.29. The third kappa shape index (κ3) is 4.82. The number of halogens is 1. The molecule has 0 atom stereocenters. The average Bonchev–Trinajstić information content (AvgIpc) is 2.84. The maximum absolute atomic E-state index is 14.9. The van der Waals surface area contributed by atoms with Crippen LogP contribution in [0, 0.1) is 5.82 Å². The van der Waals surface area contributed by atoms with E-state index in [1.54, 1.807) is 30.2 Å². The van der Waals surface area contributed by atoms with E-state index in [2.05, 4.69) is 9.88 Å². The van der Waals surface area contributed by atoms with Gasteiger partial charge in [-0.1, -0.05) is 18.2 Å². The summed E-state index contributed by atoms with van der Waals surface area (Å²) in [6.45, 7) is 5.57. The van der Waals surface area contributed by atoms with Crippen molar-refractivity contribution in [2.45, 2.75) is 39.2 Å². The Morgan fingerprint density at radius 2 is 1.85 bits per heavy atom. The second-order valence-electron chi connectivity index (χ2n) is 8.43. The van der Waals surface area contributed by atoms with Gasteiger partial charge in [0.1, 0.15) is 11.6 Å². The summed E-state index contributed by atoms with van der Waals surface area (Å²) in [5, 5.41) is 0. The van der Waals surface area contributed by atoms with Crippen LogP contribution >= 0.6 is 0 Å². The third-order valence-corrected chi connectivity index (χ3v) is 5.84. The molecule has 4 rings (SSSR count). The molecule has 0 radical (unpaired) electrons. The number of amides is 1. The van der Waals surface area contributed by atoms with E-state index in [4.69, 9.17) is 9.72 Å². The highest BCUT2D eigenvalue weighted by atomic mass is 19.1. The summed E-state index contributed by atoms with van der Waals surface area (Å²) >= 11 is 0. The van der Waals surface area contributed by atoms with E-state index in [1.807, 2.05) is 38.1 Å². The lowest BCUT2D eigenvalue weighted by atomic mass is 10.0. The van der Waals surface area contributed by atoms with E-state index in [-0.39, 0.29) is 23.1 Å². The summed E-state index contributed by atoms with van der Waals surface area (Å²) in [4.78, 5) is 26.9. The van der Waals surface area contributed by atoms with Crippen LogP contribution in [0.2, 0.25) is 0 Å². The fourth-order valence-electron chi connectivity index (χ4n) is 4.17. The lowest BCUT2D eigenvalue weighted by molar-refractivity contribution is 0.0980. The highest BCUT2D eigenvalue weighted by Gasteiger charge is 2.27. The minimum absolute atomic E-state index is 0.153. The van der Waals surface area contributed by atoms with E-state index < -0.39 is 5.82 Å². The molecule has 1 aromatic heterocycles. The number of carbonyl (C=O) groups excluding carboxylic acids is 1. The van der Waals surface area contributed by atoms with Crippen molar-refractivity contribution in [2.75, 3.05) is 30.0 Å². The number of benzene rings is 2. The van der Waals surface area contributed by atoms with Gasteiger partial charge >= 0.3 is 0 Å². The molecule has 1 fully saturated rings. The van der Waals surface area contributed by atoms with Crippen LogP contribution in [-0.2, 0) is 0 Å². The van der Waals surface area contributed by atoms with Crippen LogP contribution in [-0.4, -0.2) is 42.1 Å². The van der Waals surface area contributed by atoms with Crippen LogP contribution in [0.5, 0.6) is 5.75 Å². The van der Waals surface area contributed by atoms with Crippen molar-refractivity contribution in [2.24, 2.45) is 0 Å². The smallest absolute Gasteiger partial charge is 0.262 e. The van der Waals surface area contributed by atoms with Crippen LogP contribution in [0.25, 0.3) is 11.3 Å². The second-order valence-corrected chi connectivity index (χ2v) is 8.43. The van der Waals surface area contributed by atoms with Crippen molar-refractivity contribution in [3.63, 3.8) is 0 Å². The maximum atomic E-state index is 14.9. The standard InChI is InChI=1S/C26H29FN4O2/c1-18(2)31(19-10-9-11-20(16-19)33-3)25(32)22-17-28-26(30-14-7-4-8-15-30)29-24(22)21-12-5-6-13-23(21)27/h5-6,9-13,16-18H,4,7-8,14-15H2,1-3H3. The molecular weight excluding hydrogens is 419 g/mol. The number of methoxy groups -OCH3 is 1. The molecule has 2 heterocycles. The fraction of sp³-hybridized carbons (Fsp3) is 0.346. The van der Waals surface area contributed by atoms with Gasteiger partial charge < -0.3 is 14.5 Å². The molecule has 2 aromatic carbocycles. The molecule has 33 heavy (non-hydrogen) atoms. The Balaban J connectivity index is 1.82. The molecule has 3 aromatic rings. The first-order chi connectivity index (χ1) is 16.0. The van der Waals surface area contributed by atoms with E-state index in [9.17, 15) is 9.18 Å². The third-order valence-electron chi connectivity index (χ3n) is 5.84. The molecule has 1 saturated heterocycles. The first-order valence-electron chi connectivity index (χ1n) is 11.3. The molecule has 1 aliphatic heterocycles. The number of rotatable bonds is 6. The van der Waals surface area contributed by atoms with Gasteiger partial charge in [-0.3, -0.25) is 4.79 Å². The first-order valence-corrected chi connectivity index (χ1v) is 11.3. The molecule has 0 N–H and O–H groups in total. The van der Waals surface area contributed by atoms with Crippen molar-refractivity contribution in [3.05, 3.63) is 66.1 Å². The Labute approximate surface area is 194 Å². The number of ether oxygens (including phenoxy) is 1. The SMILES string of the molecule is COc1cccc(N(C(=O)c2cnc(N3CCCCC3)nc2-c2ccccc2F)C(C)C)c1. The Hall–Kier alpha value is -3.48. The summed E-state index contributed by atoms with van der Waals surface area (Å²) in [5.74, 6) is 0.466. The molecule has 0 saturated carbocycles. The van der Waals surface area contributed by atoms with E-state index >= 15 is 0 Å². The van der Waals surface area contributed by atoms with E-state index in [0.717, 1.165) is 25.9 Å². The Bertz CT molecular complexity index is 1130. The first kappa shape index (κ1) is 22.7. The van der Waals surface area contributed by atoms with Crippen molar-refractivity contribution < 1.29 is 13.9 Å². The predicted octanol–water partition coefficient (Wildman–Crippen LogP) is 5.34. The van der Waals surface area contributed by atoms with Crippen molar-refractivity contribution in [3.8, 4) is 17.0 Å². The van der Waals surface area contributed by atoms with Crippen LogP contribution in [0.4, 0.5) is 16.0 Å². The van der Waals surface area contributed by atoms with Crippen molar-refractivity contribution in [1.82, 2.24) is 9.97 Å². The predicted molar refractivity (Wildman–Crippen MR) is 128 cm³/mol. The Morgan fingerprint density at radius 3 is 2.55 bits per heavy atom. The van der Waals surface area contributed by atoms with Gasteiger partial charge in [-0.25, -0.2) is 14.4 Å². The largest absolute Gasteiger partial charge is 0.497 e. The molecule has 1 amide bonds. The zero-order chi connectivity index (χ0) is 23.4. The number of aromatic nitrogens is 2. The van der Waals surface area contributed by atoms with Gasteiger partial charge in [-0.15, -0.1) is 0 Å². The number of hydrogen-bond acceptors (Lipinski definition) is 5. The Kier molecular flexibility index (Phi) is 6.87. The van der Waals surface area contributed by atoms with Gasteiger partial charge in [0.05, 0.1) is 18.4 Å². The zero-order valence-electron chi connectivity index (χ0n) is 19.3. The van der Waals surface area contributed by atoms with Crippen LogP contribution in [0.15, 0.2) is 54.7 Å². The van der Waals surface area contributed by atoms with Crippen molar-refractivity contribution in [1.29, 1.82) is 0 Å². The van der Waals surface area contributed by atoms with Crippen LogP contribution in [0.3, 0.4) is 0 Å². The summed E-state index contributed by atoms with van der Waals surface area (Å²) in [5.41, 5.74) is 1.55. The molecular formula is C26H29FN4O2. The summed E-state index contributed by atoms with van der Waals surface area (Å²) < 4.78 is 20.2. The van der Waals surface area contributed by atoms with Gasteiger partial charge in [0.15, 0.2) is 0 Å². The van der Waals surface area contributed by atoms with Gasteiger partial charge in [0.2, 0.25) is 5.95 Å². The topological polar surface area (TPSA) is 58.6 Å². The van der Waals surface area contributed by atoms with Gasteiger partial charge in [0.25, 0.3) is 5.91 Å². The molecule has 1 aliphatic rings. The van der Waals surface area contributed by atoms with Gasteiger partial charge in [-0.05, 0) is 57.4 Å². The quantitative estimate of drug-likeness (QED) is 0.510. The number of carbonyl (C=O) groups is 1. The molecule has 172 valence electrons. The normalized spacial score (nSPS) is 13.8.